The van der Waals surface area contributed by atoms with Crippen molar-refractivity contribution in [3.05, 3.63) is 54.9 Å². The van der Waals surface area contributed by atoms with E-state index in [1.54, 1.807) is 12.4 Å². The average molecular weight is 397 g/mol. The second-order valence-corrected chi connectivity index (χ2v) is 6.97. The van der Waals surface area contributed by atoms with E-state index in [1.807, 2.05) is 47.0 Å². The lowest BCUT2D eigenvalue weighted by Crippen LogP contribution is -2.19. The fourth-order valence-corrected chi connectivity index (χ4v) is 3.53. The van der Waals surface area contributed by atoms with E-state index in [0.29, 0.717) is 30.7 Å². The van der Waals surface area contributed by atoms with Crippen molar-refractivity contribution in [3.8, 4) is 11.4 Å². The van der Waals surface area contributed by atoms with E-state index in [9.17, 15) is 4.79 Å². The third-order valence-corrected chi connectivity index (χ3v) is 5.03. The largest absolute Gasteiger partial charge is 0.348 e. The van der Waals surface area contributed by atoms with Crippen LogP contribution in [0, 0.1) is 0 Å². The minimum atomic E-state index is -0.353. The first-order valence-electron chi connectivity index (χ1n) is 8.84. The second-order valence-electron chi connectivity index (χ2n) is 6.03. The Kier molecular flexibility index (Phi) is 5.95. The maximum absolute atomic E-state index is 12.3. The van der Waals surface area contributed by atoms with Gasteiger partial charge in [-0.05, 0) is 24.3 Å². The van der Waals surface area contributed by atoms with Crippen molar-refractivity contribution in [2.45, 2.75) is 18.0 Å². The van der Waals surface area contributed by atoms with Crippen LogP contribution < -0.4 is 5.32 Å². The molecular formula is C19H19N5O3S. The van der Waals surface area contributed by atoms with Gasteiger partial charge in [0, 0.05) is 23.6 Å². The molecule has 1 aliphatic rings. The summed E-state index contributed by atoms with van der Waals surface area (Å²) in [4.78, 5) is 16.3. The van der Waals surface area contributed by atoms with Gasteiger partial charge in [0.2, 0.25) is 5.91 Å². The highest BCUT2D eigenvalue weighted by Gasteiger charge is 2.22. The van der Waals surface area contributed by atoms with Crippen LogP contribution in [0.1, 0.15) is 0 Å². The maximum Gasteiger partial charge on any atom is 0.234 e. The van der Waals surface area contributed by atoms with Gasteiger partial charge in [-0.3, -0.25) is 14.3 Å². The van der Waals surface area contributed by atoms with Crippen molar-refractivity contribution < 1.29 is 14.3 Å². The van der Waals surface area contributed by atoms with E-state index in [-0.39, 0.29) is 18.0 Å². The average Bonchev–Trinajstić information content (AvgIpc) is 3.38. The summed E-state index contributed by atoms with van der Waals surface area (Å²) in [6, 6.07) is 13.1. The van der Waals surface area contributed by atoms with Gasteiger partial charge in [-0.1, -0.05) is 30.0 Å². The van der Waals surface area contributed by atoms with Crippen LogP contribution in [0.4, 0.5) is 5.69 Å². The molecule has 0 saturated carbocycles. The molecule has 3 aromatic rings. The summed E-state index contributed by atoms with van der Waals surface area (Å²) in [6.45, 7) is 1.59. The highest BCUT2D eigenvalue weighted by atomic mass is 32.2. The fraction of sp³-hybridized carbons (Fsp3) is 0.263. The molecule has 1 fully saturated rings. The minimum Gasteiger partial charge on any atom is -0.348 e. The Morgan fingerprint density at radius 3 is 2.61 bits per heavy atom. The number of thioether (sulfide) groups is 1. The highest BCUT2D eigenvalue weighted by Crippen LogP contribution is 2.25. The van der Waals surface area contributed by atoms with Gasteiger partial charge in [-0.2, -0.15) is 0 Å². The SMILES string of the molecule is O=C(CSc1nnc(-c2ccncc2)n1CC1OCCO1)Nc1ccccc1. The number of para-hydroxylation sites is 1. The van der Waals surface area contributed by atoms with Crippen LogP contribution in [0.15, 0.2) is 60.0 Å². The molecular weight excluding hydrogens is 378 g/mol. The Labute approximate surface area is 166 Å². The third-order valence-electron chi connectivity index (χ3n) is 4.07. The normalized spacial score (nSPS) is 14.3. The number of pyridine rings is 1. The second kappa shape index (κ2) is 8.96. The quantitative estimate of drug-likeness (QED) is 0.612. The number of nitrogens with one attached hydrogen (secondary N) is 1. The number of anilines is 1. The Balaban J connectivity index is 1.49. The Morgan fingerprint density at radius 1 is 1.11 bits per heavy atom. The Bertz CT molecular complexity index is 914. The van der Waals surface area contributed by atoms with Crippen molar-refractivity contribution in [2.24, 2.45) is 0 Å². The van der Waals surface area contributed by atoms with E-state index >= 15 is 0 Å². The molecule has 0 bridgehead atoms. The summed E-state index contributed by atoms with van der Waals surface area (Å²) < 4.78 is 13.1. The van der Waals surface area contributed by atoms with Crippen molar-refractivity contribution in [1.82, 2.24) is 19.7 Å². The molecule has 0 radical (unpaired) electrons. The van der Waals surface area contributed by atoms with Gasteiger partial charge >= 0.3 is 0 Å². The standard InChI is InChI=1S/C19H19N5O3S/c25-16(21-15-4-2-1-3-5-15)13-28-19-23-22-18(14-6-8-20-9-7-14)24(19)12-17-26-10-11-27-17/h1-9,17H,10-13H2,(H,21,25). The van der Waals surface area contributed by atoms with Gasteiger partial charge in [0.1, 0.15) is 0 Å². The van der Waals surface area contributed by atoms with Crippen LogP contribution >= 0.6 is 11.8 Å². The molecule has 144 valence electrons. The Morgan fingerprint density at radius 2 is 1.86 bits per heavy atom. The van der Waals surface area contributed by atoms with Gasteiger partial charge in [0.05, 0.1) is 25.5 Å². The maximum atomic E-state index is 12.3. The molecule has 1 aromatic carbocycles. The van der Waals surface area contributed by atoms with Crippen LogP contribution in [-0.4, -0.2) is 50.9 Å². The molecule has 0 aliphatic carbocycles. The van der Waals surface area contributed by atoms with E-state index in [4.69, 9.17) is 9.47 Å². The van der Waals surface area contributed by atoms with Gasteiger partial charge in [0.25, 0.3) is 0 Å². The number of hydrogen-bond donors (Lipinski definition) is 1. The summed E-state index contributed by atoms with van der Waals surface area (Å²) in [7, 11) is 0. The van der Waals surface area contributed by atoms with Crippen LogP contribution in [0.2, 0.25) is 0 Å². The predicted octanol–water partition coefficient (Wildman–Crippen LogP) is 2.44. The Hall–Kier alpha value is -2.75. The summed E-state index contributed by atoms with van der Waals surface area (Å²) >= 11 is 1.32. The molecule has 0 spiro atoms. The topological polar surface area (TPSA) is 91.2 Å². The molecule has 1 aliphatic heterocycles. The van der Waals surface area contributed by atoms with E-state index in [1.165, 1.54) is 11.8 Å². The summed E-state index contributed by atoms with van der Waals surface area (Å²) in [5.74, 6) is 0.799. The van der Waals surface area contributed by atoms with Gasteiger partial charge in [0.15, 0.2) is 17.3 Å². The van der Waals surface area contributed by atoms with Gasteiger partial charge in [-0.15, -0.1) is 10.2 Å². The molecule has 2 aromatic heterocycles. The van der Waals surface area contributed by atoms with Gasteiger partial charge in [-0.25, -0.2) is 0 Å². The molecule has 3 heterocycles. The molecule has 1 N–H and O–H groups in total. The number of nitrogens with zero attached hydrogens (tertiary/aromatic N) is 4. The number of ether oxygens (including phenoxy) is 2. The molecule has 0 atom stereocenters. The molecule has 4 rings (SSSR count). The van der Waals surface area contributed by atoms with Crippen LogP contribution in [0.25, 0.3) is 11.4 Å². The summed E-state index contributed by atoms with van der Waals surface area (Å²) in [5.41, 5.74) is 1.65. The zero-order valence-electron chi connectivity index (χ0n) is 15.0. The summed E-state index contributed by atoms with van der Waals surface area (Å²) in [6.07, 6.45) is 3.06. The van der Waals surface area contributed by atoms with Gasteiger partial charge < -0.3 is 14.8 Å². The highest BCUT2D eigenvalue weighted by molar-refractivity contribution is 7.99. The number of amides is 1. The lowest BCUT2D eigenvalue weighted by atomic mass is 10.2. The molecule has 0 unspecified atom stereocenters. The molecule has 8 nitrogen and oxygen atoms in total. The zero-order chi connectivity index (χ0) is 19.2. The lowest BCUT2D eigenvalue weighted by molar-refractivity contribution is -0.113. The number of hydrogen-bond acceptors (Lipinski definition) is 7. The molecule has 9 heteroatoms. The predicted molar refractivity (Wildman–Crippen MR) is 105 cm³/mol. The minimum absolute atomic E-state index is 0.107. The van der Waals surface area contributed by atoms with Crippen LogP contribution in [0.5, 0.6) is 0 Å². The lowest BCUT2D eigenvalue weighted by Gasteiger charge is -2.14. The zero-order valence-corrected chi connectivity index (χ0v) is 15.8. The number of benzene rings is 1. The first-order valence-corrected chi connectivity index (χ1v) is 9.82. The van der Waals surface area contributed by atoms with E-state index in [0.717, 1.165) is 11.3 Å². The van der Waals surface area contributed by atoms with Crippen molar-refractivity contribution in [3.63, 3.8) is 0 Å². The van der Waals surface area contributed by atoms with Crippen molar-refractivity contribution >= 4 is 23.4 Å². The first-order chi connectivity index (χ1) is 13.8. The van der Waals surface area contributed by atoms with Crippen molar-refractivity contribution in [1.29, 1.82) is 0 Å². The number of carbonyl (C=O) groups excluding carboxylic acids is 1. The third kappa shape index (κ3) is 4.56. The number of aromatic nitrogens is 4. The molecule has 28 heavy (non-hydrogen) atoms. The number of carbonyl (C=O) groups is 1. The van der Waals surface area contributed by atoms with E-state index in [2.05, 4.69) is 20.5 Å². The van der Waals surface area contributed by atoms with E-state index < -0.39 is 0 Å². The smallest absolute Gasteiger partial charge is 0.234 e. The number of rotatable bonds is 7. The summed E-state index contributed by atoms with van der Waals surface area (Å²) in [5, 5.41) is 12.1. The monoisotopic (exact) mass is 397 g/mol. The first kappa shape index (κ1) is 18.6. The molecule has 1 saturated heterocycles. The van der Waals surface area contributed by atoms with Crippen LogP contribution in [-0.2, 0) is 20.8 Å². The van der Waals surface area contributed by atoms with Crippen molar-refractivity contribution in [2.75, 3.05) is 24.3 Å². The van der Waals surface area contributed by atoms with Crippen LogP contribution in [0.3, 0.4) is 0 Å². The fourth-order valence-electron chi connectivity index (χ4n) is 2.78. The molecule has 1 amide bonds.